The minimum atomic E-state index is 0.854. The lowest BCUT2D eigenvalue weighted by molar-refractivity contribution is 0.262. The fourth-order valence-electron chi connectivity index (χ4n) is 3.77. The molecule has 0 unspecified atom stereocenters. The Morgan fingerprint density at radius 3 is 2.58 bits per heavy atom. The molecule has 1 heterocycles. The summed E-state index contributed by atoms with van der Waals surface area (Å²) in [4.78, 5) is 4.97. The maximum atomic E-state index is 9.35. The highest BCUT2D eigenvalue weighted by atomic mass is 16.4. The Bertz CT molecular complexity index is 601. The Morgan fingerprint density at radius 1 is 1.12 bits per heavy atom. The van der Waals surface area contributed by atoms with Gasteiger partial charge in [0.05, 0.1) is 5.71 Å². The number of nitrogens with zero attached hydrogens (tertiary/aromatic N) is 3. The molecular weight excluding hydrogens is 298 g/mol. The predicted octanol–water partition coefficient (Wildman–Crippen LogP) is 3.84. The Morgan fingerprint density at radius 2 is 1.92 bits per heavy atom. The van der Waals surface area contributed by atoms with E-state index < -0.39 is 0 Å². The van der Waals surface area contributed by atoms with Crippen LogP contribution in [0.1, 0.15) is 37.7 Å². The summed E-state index contributed by atoms with van der Waals surface area (Å²) < 4.78 is 0. The molecule has 0 aromatic heterocycles. The standard InChI is InChI=1S/C20H29N3O/c1-17-7-5-6-10-20(17)23-15-13-22(14-16-23)12-11-19(21-24)18-8-3-2-4-9-18/h5-8,10,24H,2-4,9,11-16H2,1H3/b21-19+. The van der Waals surface area contributed by atoms with Crippen molar-refractivity contribution in [3.05, 3.63) is 41.5 Å². The predicted molar refractivity (Wildman–Crippen MR) is 100 cm³/mol. The van der Waals surface area contributed by atoms with Gasteiger partial charge in [0.1, 0.15) is 0 Å². The van der Waals surface area contributed by atoms with Gasteiger partial charge in [-0.3, -0.25) is 4.90 Å². The number of aryl methyl sites for hydroxylation is 1. The van der Waals surface area contributed by atoms with Gasteiger partial charge in [-0.15, -0.1) is 0 Å². The topological polar surface area (TPSA) is 39.1 Å². The van der Waals surface area contributed by atoms with Crippen molar-refractivity contribution in [3.8, 4) is 0 Å². The third-order valence-electron chi connectivity index (χ3n) is 5.28. The highest BCUT2D eigenvalue weighted by molar-refractivity contribution is 5.99. The fraction of sp³-hybridized carbons (Fsp3) is 0.550. The van der Waals surface area contributed by atoms with Crippen LogP contribution in [0.25, 0.3) is 0 Å². The van der Waals surface area contributed by atoms with Crippen molar-refractivity contribution in [3.63, 3.8) is 0 Å². The molecule has 0 spiro atoms. The number of rotatable bonds is 5. The quantitative estimate of drug-likeness (QED) is 0.507. The van der Waals surface area contributed by atoms with E-state index in [1.165, 1.54) is 29.7 Å². The summed E-state index contributed by atoms with van der Waals surface area (Å²) in [6.45, 7) is 7.46. The van der Waals surface area contributed by atoms with Gasteiger partial charge in [0.2, 0.25) is 0 Å². The maximum Gasteiger partial charge on any atom is 0.0837 e. The van der Waals surface area contributed by atoms with Gasteiger partial charge < -0.3 is 10.1 Å². The zero-order valence-corrected chi connectivity index (χ0v) is 14.7. The van der Waals surface area contributed by atoms with Crippen LogP contribution < -0.4 is 4.90 Å². The van der Waals surface area contributed by atoms with Crippen molar-refractivity contribution in [1.29, 1.82) is 0 Å². The van der Waals surface area contributed by atoms with Crippen LogP contribution in [-0.4, -0.2) is 48.5 Å². The molecule has 4 nitrogen and oxygen atoms in total. The molecule has 3 rings (SSSR count). The highest BCUT2D eigenvalue weighted by Gasteiger charge is 2.19. The van der Waals surface area contributed by atoms with Crippen LogP contribution in [0.2, 0.25) is 0 Å². The maximum absolute atomic E-state index is 9.35. The van der Waals surface area contributed by atoms with Crippen LogP contribution in [0.3, 0.4) is 0 Å². The molecule has 0 radical (unpaired) electrons. The summed E-state index contributed by atoms with van der Waals surface area (Å²) >= 11 is 0. The molecule has 1 aromatic rings. The number of para-hydroxylation sites is 1. The van der Waals surface area contributed by atoms with Gasteiger partial charge in [0.25, 0.3) is 0 Å². The number of hydrogen-bond acceptors (Lipinski definition) is 4. The van der Waals surface area contributed by atoms with Crippen LogP contribution in [0.5, 0.6) is 0 Å². The average Bonchev–Trinajstić information content (AvgIpc) is 2.64. The summed E-state index contributed by atoms with van der Waals surface area (Å²) in [6, 6.07) is 8.63. The SMILES string of the molecule is Cc1ccccc1N1CCN(CC/C(=N\O)C2=CCCCC2)CC1. The van der Waals surface area contributed by atoms with Crippen LogP contribution in [-0.2, 0) is 0 Å². The highest BCUT2D eigenvalue weighted by Crippen LogP contribution is 2.22. The Hall–Kier alpha value is -1.81. The molecular formula is C20H29N3O. The first kappa shape index (κ1) is 17.0. The second-order valence-electron chi connectivity index (χ2n) is 6.89. The zero-order chi connectivity index (χ0) is 16.8. The minimum absolute atomic E-state index is 0.854. The first-order valence-corrected chi connectivity index (χ1v) is 9.21. The van der Waals surface area contributed by atoms with Gasteiger partial charge in [-0.1, -0.05) is 29.4 Å². The smallest absolute Gasteiger partial charge is 0.0837 e. The zero-order valence-electron chi connectivity index (χ0n) is 14.7. The molecule has 1 N–H and O–H groups in total. The molecule has 0 atom stereocenters. The number of hydrogen-bond donors (Lipinski definition) is 1. The molecule has 1 fully saturated rings. The summed E-state index contributed by atoms with van der Waals surface area (Å²) in [6.07, 6.45) is 7.80. The Balaban J connectivity index is 1.49. The second kappa shape index (κ2) is 8.34. The summed E-state index contributed by atoms with van der Waals surface area (Å²) in [5.41, 5.74) is 4.88. The van der Waals surface area contributed by atoms with E-state index in [1.54, 1.807) is 0 Å². The van der Waals surface area contributed by atoms with Gasteiger partial charge in [0.15, 0.2) is 0 Å². The van der Waals surface area contributed by atoms with Crippen molar-refractivity contribution >= 4 is 11.4 Å². The van der Waals surface area contributed by atoms with Crippen molar-refractivity contribution in [2.75, 3.05) is 37.6 Å². The lowest BCUT2D eigenvalue weighted by Crippen LogP contribution is -2.47. The van der Waals surface area contributed by atoms with Crippen LogP contribution >= 0.6 is 0 Å². The van der Waals surface area contributed by atoms with Crippen molar-refractivity contribution in [2.45, 2.75) is 39.0 Å². The molecule has 0 saturated carbocycles. The summed E-state index contributed by atoms with van der Waals surface area (Å²) in [5.74, 6) is 0. The number of allylic oxidation sites excluding steroid dienone is 2. The average molecular weight is 327 g/mol. The minimum Gasteiger partial charge on any atom is -0.411 e. The third-order valence-corrected chi connectivity index (χ3v) is 5.28. The van der Waals surface area contributed by atoms with E-state index in [4.69, 9.17) is 0 Å². The van der Waals surface area contributed by atoms with Gasteiger partial charge in [-0.05, 0) is 49.8 Å². The number of piperazine rings is 1. The molecule has 1 aromatic carbocycles. The van der Waals surface area contributed by atoms with E-state index in [-0.39, 0.29) is 0 Å². The van der Waals surface area contributed by atoms with Gasteiger partial charge >= 0.3 is 0 Å². The van der Waals surface area contributed by atoms with Crippen LogP contribution in [0.15, 0.2) is 41.1 Å². The lowest BCUT2D eigenvalue weighted by Gasteiger charge is -2.36. The van der Waals surface area contributed by atoms with Gasteiger partial charge in [0, 0.05) is 44.8 Å². The number of oxime groups is 1. The van der Waals surface area contributed by atoms with E-state index in [0.29, 0.717) is 0 Å². The second-order valence-corrected chi connectivity index (χ2v) is 6.89. The number of benzene rings is 1. The molecule has 24 heavy (non-hydrogen) atoms. The molecule has 2 aliphatic rings. The van der Waals surface area contributed by atoms with Gasteiger partial charge in [-0.25, -0.2) is 0 Å². The molecule has 1 aliphatic carbocycles. The van der Waals surface area contributed by atoms with Crippen molar-refractivity contribution < 1.29 is 5.21 Å². The lowest BCUT2D eigenvalue weighted by atomic mass is 9.94. The summed E-state index contributed by atoms with van der Waals surface area (Å²) in [5, 5.41) is 12.9. The van der Waals surface area contributed by atoms with Crippen LogP contribution in [0.4, 0.5) is 5.69 Å². The van der Waals surface area contributed by atoms with E-state index in [1.807, 2.05) is 0 Å². The molecule has 4 heteroatoms. The Labute approximate surface area is 145 Å². The van der Waals surface area contributed by atoms with E-state index in [0.717, 1.165) is 57.7 Å². The molecule has 1 saturated heterocycles. The van der Waals surface area contributed by atoms with Crippen molar-refractivity contribution in [1.82, 2.24) is 4.90 Å². The molecule has 130 valence electrons. The third kappa shape index (κ3) is 4.18. The first-order chi connectivity index (χ1) is 11.8. The van der Waals surface area contributed by atoms with E-state index >= 15 is 0 Å². The van der Waals surface area contributed by atoms with Gasteiger partial charge in [-0.2, -0.15) is 0 Å². The first-order valence-electron chi connectivity index (χ1n) is 9.21. The van der Waals surface area contributed by atoms with Crippen LogP contribution in [0, 0.1) is 6.92 Å². The normalized spacial score (nSPS) is 20.1. The molecule has 1 aliphatic heterocycles. The monoisotopic (exact) mass is 327 g/mol. The molecule has 0 amide bonds. The van der Waals surface area contributed by atoms with Crippen molar-refractivity contribution in [2.24, 2.45) is 5.16 Å². The fourth-order valence-corrected chi connectivity index (χ4v) is 3.77. The Kier molecular flexibility index (Phi) is 5.91. The summed E-state index contributed by atoms with van der Waals surface area (Å²) in [7, 11) is 0. The van der Waals surface area contributed by atoms with E-state index in [2.05, 4.69) is 52.2 Å². The molecule has 0 bridgehead atoms. The number of anilines is 1. The largest absolute Gasteiger partial charge is 0.411 e. The van der Waals surface area contributed by atoms with E-state index in [9.17, 15) is 5.21 Å².